The van der Waals surface area contributed by atoms with Gasteiger partial charge in [-0.05, 0) is 38.8 Å². The number of fused-ring (bicyclic) bond motifs is 1. The summed E-state index contributed by atoms with van der Waals surface area (Å²) in [5.41, 5.74) is 0.768. The van der Waals surface area contributed by atoms with Crippen LogP contribution in [-0.2, 0) is 23.9 Å². The lowest BCUT2D eigenvalue weighted by atomic mass is 10.0. The molecule has 2 aliphatic rings. The van der Waals surface area contributed by atoms with Crippen LogP contribution in [0.15, 0.2) is 41.6 Å². The Balaban J connectivity index is 1.77. The molecule has 9 nitrogen and oxygen atoms in total. The molecule has 10 heteroatoms. The molecule has 0 spiro atoms. The Morgan fingerprint density at radius 2 is 1.84 bits per heavy atom. The monoisotopic (exact) mass is 461 g/mol. The predicted octanol–water partition coefficient (Wildman–Crippen LogP) is 2.10. The van der Waals surface area contributed by atoms with Crippen molar-refractivity contribution in [3.63, 3.8) is 0 Å². The summed E-state index contributed by atoms with van der Waals surface area (Å²) in [5, 5.41) is 4.88. The summed E-state index contributed by atoms with van der Waals surface area (Å²) in [6, 6.07) is 6.80. The number of β-lactam (4-membered cyclic amide) rings is 1. The second kappa shape index (κ2) is 9.23. The van der Waals surface area contributed by atoms with Gasteiger partial charge >= 0.3 is 12.1 Å². The molecule has 0 aromatic heterocycles. The van der Waals surface area contributed by atoms with E-state index in [4.69, 9.17) is 9.47 Å². The van der Waals surface area contributed by atoms with E-state index in [1.807, 2.05) is 0 Å². The van der Waals surface area contributed by atoms with E-state index in [-0.39, 0.29) is 5.70 Å². The normalized spacial score (nSPS) is 21.2. The number of carbonyl (C=O) groups is 4. The van der Waals surface area contributed by atoms with Gasteiger partial charge in [0.25, 0.3) is 5.91 Å². The number of hydrogen-bond donors (Lipinski definition) is 2. The molecule has 3 amide bonds. The maximum Gasteiger partial charge on any atom is 0.408 e. The average molecular weight is 462 g/mol. The second-order valence-corrected chi connectivity index (χ2v) is 9.61. The van der Waals surface area contributed by atoms with Gasteiger partial charge in [-0.3, -0.25) is 14.5 Å². The van der Waals surface area contributed by atoms with Crippen molar-refractivity contribution in [2.24, 2.45) is 0 Å². The van der Waals surface area contributed by atoms with E-state index >= 15 is 0 Å². The third-order valence-corrected chi connectivity index (χ3v) is 6.32. The number of rotatable bonds is 5. The highest BCUT2D eigenvalue weighted by Crippen LogP contribution is 2.40. The lowest BCUT2D eigenvalue weighted by Gasteiger charge is -2.49. The lowest BCUT2D eigenvalue weighted by molar-refractivity contribution is -0.152. The molecule has 1 aromatic carbocycles. The van der Waals surface area contributed by atoms with Crippen LogP contribution < -0.4 is 10.6 Å². The molecule has 2 heterocycles. The molecule has 172 valence electrons. The van der Waals surface area contributed by atoms with Crippen LogP contribution in [0.1, 0.15) is 39.3 Å². The van der Waals surface area contributed by atoms with E-state index in [1.165, 1.54) is 23.8 Å². The molecule has 32 heavy (non-hydrogen) atoms. The van der Waals surface area contributed by atoms with Crippen LogP contribution >= 0.6 is 11.8 Å². The molecule has 1 fully saturated rings. The van der Waals surface area contributed by atoms with E-state index < -0.39 is 46.9 Å². The van der Waals surface area contributed by atoms with Crippen molar-refractivity contribution in [2.45, 2.75) is 50.8 Å². The Morgan fingerprint density at radius 1 is 1.19 bits per heavy atom. The Hall–Kier alpha value is -3.01. The van der Waals surface area contributed by atoms with E-state index in [0.29, 0.717) is 11.3 Å². The Labute approximate surface area is 190 Å². The maximum atomic E-state index is 13.1. The second-order valence-electron chi connectivity index (χ2n) is 8.51. The van der Waals surface area contributed by atoms with Crippen LogP contribution in [0, 0.1) is 0 Å². The zero-order valence-corrected chi connectivity index (χ0v) is 19.4. The lowest BCUT2D eigenvalue weighted by Crippen LogP contribution is -2.71. The van der Waals surface area contributed by atoms with Gasteiger partial charge in [0.05, 0.1) is 7.11 Å². The molecule has 0 unspecified atom stereocenters. The third kappa shape index (κ3) is 4.90. The van der Waals surface area contributed by atoms with Gasteiger partial charge in [-0.15, -0.1) is 11.8 Å². The smallest absolute Gasteiger partial charge is 0.408 e. The van der Waals surface area contributed by atoms with Crippen LogP contribution in [-0.4, -0.2) is 58.7 Å². The Morgan fingerprint density at radius 3 is 2.44 bits per heavy atom. The number of alkyl carbamates (subject to hydrolysis) is 1. The number of methoxy groups -OCH3 is 1. The van der Waals surface area contributed by atoms with Crippen molar-refractivity contribution in [1.82, 2.24) is 15.5 Å². The van der Waals surface area contributed by atoms with Gasteiger partial charge in [0.15, 0.2) is 0 Å². The van der Waals surface area contributed by atoms with Gasteiger partial charge in [0.1, 0.15) is 28.8 Å². The van der Waals surface area contributed by atoms with Gasteiger partial charge in [-0.2, -0.15) is 0 Å². The molecular weight excluding hydrogens is 434 g/mol. The number of nitrogens with one attached hydrogen (secondary N) is 2. The summed E-state index contributed by atoms with van der Waals surface area (Å²) in [7, 11) is 1.26. The summed E-state index contributed by atoms with van der Waals surface area (Å²) in [4.78, 5) is 51.8. The molecule has 3 atom stereocenters. The molecule has 0 saturated carbocycles. The zero-order chi connectivity index (χ0) is 23.6. The highest BCUT2D eigenvalue weighted by molar-refractivity contribution is 8.00. The Kier molecular flexibility index (Phi) is 6.82. The summed E-state index contributed by atoms with van der Waals surface area (Å²) in [6.07, 6.45) is -0.748. The van der Waals surface area contributed by atoms with Crippen LogP contribution in [0.3, 0.4) is 0 Å². The number of amides is 3. The standard InChI is InChI=1S/C22H27N3O6S/c1-12-11-32-19-15(18(27)25(19)16(12)20(28)30-5)23-17(26)14(13-9-7-6-8-10-13)24-21(29)31-22(2,3)4/h6-10,14-15,19H,11H2,1-5H3,(H,23,26)(H,24,29)/t14-,15+,19+/m0/s1. The molecule has 0 aliphatic carbocycles. The number of nitrogens with zero attached hydrogens (tertiary/aromatic N) is 1. The van der Waals surface area contributed by atoms with E-state index in [2.05, 4.69) is 10.6 Å². The van der Waals surface area contributed by atoms with Crippen molar-refractivity contribution >= 4 is 35.6 Å². The number of ether oxygens (including phenoxy) is 2. The zero-order valence-electron chi connectivity index (χ0n) is 18.6. The van der Waals surface area contributed by atoms with E-state index in [9.17, 15) is 19.2 Å². The van der Waals surface area contributed by atoms with Crippen LogP contribution in [0.5, 0.6) is 0 Å². The molecule has 0 radical (unpaired) electrons. The first kappa shape index (κ1) is 23.6. The fraction of sp³-hybridized carbons (Fsp3) is 0.455. The molecule has 0 bridgehead atoms. The number of carbonyl (C=O) groups excluding carboxylic acids is 4. The molecule has 1 saturated heterocycles. The molecular formula is C22H27N3O6S. The number of hydrogen-bond acceptors (Lipinski definition) is 7. The van der Waals surface area contributed by atoms with Crippen molar-refractivity contribution in [1.29, 1.82) is 0 Å². The maximum absolute atomic E-state index is 13.1. The van der Waals surface area contributed by atoms with E-state index in [0.717, 1.165) is 5.57 Å². The van der Waals surface area contributed by atoms with Crippen LogP contribution in [0.4, 0.5) is 4.79 Å². The van der Waals surface area contributed by atoms with Gasteiger partial charge in [-0.25, -0.2) is 9.59 Å². The van der Waals surface area contributed by atoms with Gasteiger partial charge in [0.2, 0.25) is 5.91 Å². The fourth-order valence-electron chi connectivity index (χ4n) is 3.47. The first-order chi connectivity index (χ1) is 15.0. The molecule has 1 aromatic rings. The number of benzene rings is 1. The summed E-state index contributed by atoms with van der Waals surface area (Å²) >= 11 is 1.45. The van der Waals surface area contributed by atoms with Gasteiger partial charge in [-0.1, -0.05) is 30.3 Å². The van der Waals surface area contributed by atoms with Crippen molar-refractivity contribution in [2.75, 3.05) is 12.9 Å². The SMILES string of the molecule is COC(=O)C1=C(C)CS[C@@H]2[C@H](NC(=O)[C@@H](NC(=O)OC(C)(C)C)c3ccccc3)C(=O)N12. The van der Waals surface area contributed by atoms with Crippen molar-refractivity contribution in [3.8, 4) is 0 Å². The van der Waals surface area contributed by atoms with Crippen LogP contribution in [0.2, 0.25) is 0 Å². The minimum absolute atomic E-state index is 0.221. The largest absolute Gasteiger partial charge is 0.464 e. The minimum Gasteiger partial charge on any atom is -0.464 e. The highest BCUT2D eigenvalue weighted by Gasteiger charge is 2.54. The quantitative estimate of drug-likeness (QED) is 0.510. The first-order valence-corrected chi connectivity index (χ1v) is 11.2. The molecule has 2 aliphatic heterocycles. The molecule has 3 rings (SSSR count). The summed E-state index contributed by atoms with van der Waals surface area (Å²) in [6.45, 7) is 6.94. The highest BCUT2D eigenvalue weighted by atomic mass is 32.2. The van der Waals surface area contributed by atoms with Gasteiger partial charge < -0.3 is 20.1 Å². The Bertz CT molecular complexity index is 956. The fourth-order valence-corrected chi connectivity index (χ4v) is 4.76. The van der Waals surface area contributed by atoms with Crippen molar-refractivity contribution < 1.29 is 28.7 Å². The van der Waals surface area contributed by atoms with E-state index in [1.54, 1.807) is 58.0 Å². The molecule has 2 N–H and O–H groups in total. The van der Waals surface area contributed by atoms with Crippen LogP contribution in [0.25, 0.3) is 0 Å². The summed E-state index contributed by atoms with van der Waals surface area (Å²) in [5.74, 6) is -1.01. The average Bonchev–Trinajstić information content (AvgIpc) is 2.74. The minimum atomic E-state index is -1.06. The third-order valence-electron chi connectivity index (χ3n) is 4.89. The van der Waals surface area contributed by atoms with Crippen molar-refractivity contribution in [3.05, 3.63) is 47.2 Å². The summed E-state index contributed by atoms with van der Waals surface area (Å²) < 4.78 is 10.1. The topological polar surface area (TPSA) is 114 Å². The number of thioether (sulfide) groups is 1. The predicted molar refractivity (Wildman–Crippen MR) is 118 cm³/mol. The van der Waals surface area contributed by atoms with Gasteiger partial charge in [0, 0.05) is 5.75 Å². The first-order valence-electron chi connectivity index (χ1n) is 10.1. The number of esters is 1.